The van der Waals surface area contributed by atoms with Crippen molar-refractivity contribution in [2.45, 2.75) is 12.3 Å². The van der Waals surface area contributed by atoms with Crippen LogP contribution in [0.25, 0.3) is 0 Å². The van der Waals surface area contributed by atoms with Crippen LogP contribution < -0.4 is 10.5 Å². The zero-order valence-electron chi connectivity index (χ0n) is 8.59. The van der Waals surface area contributed by atoms with Crippen molar-refractivity contribution in [3.05, 3.63) is 35.7 Å². The normalized spacial score (nSPS) is 18.9. The standard InChI is InChI=1S/C11H11N3OS/c12-11-13-10(14-16-11)8-5-6-15-9-4-2-1-3-7(8)9/h1-4,8H,5-6H2,(H2,12,13,14). The van der Waals surface area contributed by atoms with Gasteiger partial charge in [-0.05, 0) is 12.5 Å². The maximum atomic E-state index is 5.62. The summed E-state index contributed by atoms with van der Waals surface area (Å²) >= 11 is 1.25. The van der Waals surface area contributed by atoms with Crippen LogP contribution in [-0.4, -0.2) is 16.0 Å². The van der Waals surface area contributed by atoms with Crippen LogP contribution in [0.15, 0.2) is 24.3 Å². The minimum absolute atomic E-state index is 0.221. The maximum Gasteiger partial charge on any atom is 0.199 e. The molecule has 2 N–H and O–H groups in total. The van der Waals surface area contributed by atoms with Gasteiger partial charge in [0.25, 0.3) is 0 Å². The van der Waals surface area contributed by atoms with Crippen molar-refractivity contribution in [1.29, 1.82) is 0 Å². The summed E-state index contributed by atoms with van der Waals surface area (Å²) in [6.45, 7) is 0.709. The Kier molecular flexibility index (Phi) is 2.25. The van der Waals surface area contributed by atoms with E-state index in [1.165, 1.54) is 11.5 Å². The van der Waals surface area contributed by atoms with Crippen LogP contribution in [0.4, 0.5) is 5.13 Å². The summed E-state index contributed by atoms with van der Waals surface area (Å²) in [5.74, 6) is 1.98. The number of nitrogen functional groups attached to an aromatic ring is 1. The summed E-state index contributed by atoms with van der Waals surface area (Å²) in [6, 6.07) is 8.04. The van der Waals surface area contributed by atoms with Gasteiger partial charge in [-0.15, -0.1) is 0 Å². The van der Waals surface area contributed by atoms with E-state index in [9.17, 15) is 0 Å². The van der Waals surface area contributed by atoms with Gasteiger partial charge in [0, 0.05) is 17.1 Å². The second-order valence-electron chi connectivity index (χ2n) is 3.72. The molecule has 0 bridgehead atoms. The SMILES string of the molecule is Nc1nc(C2CCOc3ccccc32)ns1. The summed E-state index contributed by atoms with van der Waals surface area (Å²) in [5, 5.41) is 0.527. The molecule has 3 rings (SSSR count). The number of rotatable bonds is 1. The van der Waals surface area contributed by atoms with Crippen LogP contribution in [0.2, 0.25) is 0 Å². The van der Waals surface area contributed by atoms with Gasteiger partial charge >= 0.3 is 0 Å². The van der Waals surface area contributed by atoms with Gasteiger partial charge in [0.1, 0.15) is 5.75 Å². The highest BCUT2D eigenvalue weighted by Gasteiger charge is 2.25. The Morgan fingerprint density at radius 3 is 3.06 bits per heavy atom. The van der Waals surface area contributed by atoms with E-state index in [1.54, 1.807) is 0 Å². The second kappa shape index (κ2) is 3.75. The first-order chi connectivity index (χ1) is 7.84. The number of nitrogens with zero attached hydrogens (tertiary/aromatic N) is 2. The molecule has 2 aromatic rings. The van der Waals surface area contributed by atoms with Crippen molar-refractivity contribution >= 4 is 16.7 Å². The largest absolute Gasteiger partial charge is 0.493 e. The summed E-state index contributed by atoms with van der Waals surface area (Å²) in [5.41, 5.74) is 6.78. The van der Waals surface area contributed by atoms with Gasteiger partial charge < -0.3 is 10.5 Å². The molecule has 1 aromatic heterocycles. The smallest absolute Gasteiger partial charge is 0.199 e. The van der Waals surface area contributed by atoms with Crippen molar-refractivity contribution in [2.75, 3.05) is 12.3 Å². The van der Waals surface area contributed by atoms with Gasteiger partial charge in [-0.3, -0.25) is 0 Å². The molecule has 1 aromatic carbocycles. The molecule has 0 spiro atoms. The molecule has 82 valence electrons. The van der Waals surface area contributed by atoms with Crippen molar-refractivity contribution < 1.29 is 4.74 Å². The van der Waals surface area contributed by atoms with E-state index in [0.29, 0.717) is 11.7 Å². The molecule has 1 aliphatic heterocycles. The molecule has 0 saturated carbocycles. The van der Waals surface area contributed by atoms with Crippen LogP contribution in [0.5, 0.6) is 5.75 Å². The molecule has 0 aliphatic carbocycles. The van der Waals surface area contributed by atoms with E-state index in [0.717, 1.165) is 23.6 Å². The van der Waals surface area contributed by atoms with Gasteiger partial charge in [0.05, 0.1) is 12.5 Å². The van der Waals surface area contributed by atoms with Crippen molar-refractivity contribution in [3.8, 4) is 5.75 Å². The molecule has 5 heteroatoms. The fourth-order valence-electron chi connectivity index (χ4n) is 2.00. The Hall–Kier alpha value is -1.62. The number of fused-ring (bicyclic) bond motifs is 1. The maximum absolute atomic E-state index is 5.62. The van der Waals surface area contributed by atoms with E-state index in [4.69, 9.17) is 10.5 Å². The number of ether oxygens (including phenoxy) is 1. The van der Waals surface area contributed by atoms with Crippen LogP contribution in [0.3, 0.4) is 0 Å². The monoisotopic (exact) mass is 233 g/mol. The molecule has 1 unspecified atom stereocenters. The van der Waals surface area contributed by atoms with E-state index in [2.05, 4.69) is 15.4 Å². The van der Waals surface area contributed by atoms with Gasteiger partial charge in [-0.2, -0.15) is 4.37 Å². The van der Waals surface area contributed by atoms with Crippen molar-refractivity contribution in [1.82, 2.24) is 9.36 Å². The fourth-order valence-corrected chi connectivity index (χ4v) is 2.49. The third kappa shape index (κ3) is 1.53. The molecule has 0 radical (unpaired) electrons. The number of para-hydroxylation sites is 1. The van der Waals surface area contributed by atoms with E-state index in [1.807, 2.05) is 18.2 Å². The number of anilines is 1. The molecule has 0 fully saturated rings. The average Bonchev–Trinajstić information content (AvgIpc) is 2.75. The van der Waals surface area contributed by atoms with Crippen molar-refractivity contribution in [3.63, 3.8) is 0 Å². The first-order valence-electron chi connectivity index (χ1n) is 5.15. The van der Waals surface area contributed by atoms with Gasteiger partial charge in [-0.1, -0.05) is 18.2 Å². The highest BCUT2D eigenvalue weighted by atomic mass is 32.1. The predicted octanol–water partition coefficient (Wildman–Crippen LogP) is 2.03. The third-order valence-corrected chi connectivity index (χ3v) is 3.28. The topological polar surface area (TPSA) is 61.0 Å². The van der Waals surface area contributed by atoms with E-state index in [-0.39, 0.29) is 5.92 Å². The lowest BCUT2D eigenvalue weighted by atomic mass is 9.93. The second-order valence-corrected chi connectivity index (χ2v) is 4.50. The number of nitrogens with two attached hydrogens (primary N) is 1. The summed E-state index contributed by atoms with van der Waals surface area (Å²) in [6.07, 6.45) is 0.910. The highest BCUT2D eigenvalue weighted by Crippen LogP contribution is 2.37. The van der Waals surface area contributed by atoms with Gasteiger partial charge in [-0.25, -0.2) is 4.98 Å². The minimum atomic E-state index is 0.221. The quantitative estimate of drug-likeness (QED) is 0.818. The summed E-state index contributed by atoms with van der Waals surface area (Å²) < 4.78 is 9.89. The van der Waals surface area contributed by atoms with Crippen molar-refractivity contribution in [2.24, 2.45) is 0 Å². The molecular weight excluding hydrogens is 222 g/mol. The third-order valence-electron chi connectivity index (χ3n) is 2.73. The van der Waals surface area contributed by atoms with Crippen LogP contribution in [0.1, 0.15) is 23.7 Å². The van der Waals surface area contributed by atoms with Crippen LogP contribution in [0, 0.1) is 0 Å². The predicted molar refractivity (Wildman–Crippen MR) is 62.7 cm³/mol. The number of aromatic nitrogens is 2. The molecule has 0 amide bonds. The molecule has 0 saturated heterocycles. The fraction of sp³-hybridized carbons (Fsp3) is 0.273. The molecule has 1 atom stereocenters. The van der Waals surface area contributed by atoms with E-state index >= 15 is 0 Å². The minimum Gasteiger partial charge on any atom is -0.493 e. The van der Waals surface area contributed by atoms with Gasteiger partial charge in [0.15, 0.2) is 11.0 Å². The molecule has 4 nitrogen and oxygen atoms in total. The van der Waals surface area contributed by atoms with Crippen LogP contribution in [-0.2, 0) is 0 Å². The Morgan fingerprint density at radius 2 is 2.25 bits per heavy atom. The lowest BCUT2D eigenvalue weighted by Gasteiger charge is -2.23. The Balaban J connectivity index is 2.04. The summed E-state index contributed by atoms with van der Waals surface area (Å²) in [4.78, 5) is 4.26. The number of hydrogen-bond donors (Lipinski definition) is 1. The zero-order chi connectivity index (χ0) is 11.0. The molecular formula is C11H11N3OS. The number of hydrogen-bond acceptors (Lipinski definition) is 5. The molecule has 16 heavy (non-hydrogen) atoms. The summed E-state index contributed by atoms with van der Waals surface area (Å²) in [7, 11) is 0. The van der Waals surface area contributed by atoms with Crippen LogP contribution >= 0.6 is 11.5 Å². The lowest BCUT2D eigenvalue weighted by molar-refractivity contribution is 0.275. The highest BCUT2D eigenvalue weighted by molar-refractivity contribution is 7.09. The lowest BCUT2D eigenvalue weighted by Crippen LogP contribution is -2.16. The zero-order valence-corrected chi connectivity index (χ0v) is 9.41. The van der Waals surface area contributed by atoms with E-state index < -0.39 is 0 Å². The first kappa shape index (κ1) is 9.59. The molecule has 2 heterocycles. The molecule has 1 aliphatic rings. The average molecular weight is 233 g/mol. The first-order valence-corrected chi connectivity index (χ1v) is 5.93. The Labute approximate surface area is 97.3 Å². The Morgan fingerprint density at radius 1 is 1.38 bits per heavy atom. The Bertz CT molecular complexity index is 511. The number of benzene rings is 1. The van der Waals surface area contributed by atoms with Gasteiger partial charge in [0.2, 0.25) is 0 Å².